The van der Waals surface area contributed by atoms with Crippen molar-refractivity contribution in [1.29, 1.82) is 0 Å². The summed E-state index contributed by atoms with van der Waals surface area (Å²) >= 11 is 0. The maximum Gasteiger partial charge on any atom is 1.00 e. The Bertz CT molecular complexity index is 164. The molecule has 1 atom stereocenters. The number of rotatable bonds is 3. The summed E-state index contributed by atoms with van der Waals surface area (Å²) in [6.07, 6.45) is 0.508. The summed E-state index contributed by atoms with van der Waals surface area (Å²) in [5, 5.41) is 8.49. The van der Waals surface area contributed by atoms with Crippen LogP contribution >= 0.6 is 0 Å². The van der Waals surface area contributed by atoms with Gasteiger partial charge in [-0.25, -0.2) is 8.42 Å². The van der Waals surface area contributed by atoms with Gasteiger partial charge in [-0.1, -0.05) is 13.3 Å². The number of hydrogen-bond donors (Lipinski definition) is 1. The van der Waals surface area contributed by atoms with Gasteiger partial charge in [0.2, 0.25) is 0 Å². The molecule has 0 radical (unpaired) electrons. The van der Waals surface area contributed by atoms with Crippen molar-refractivity contribution in [3.05, 3.63) is 0 Å². The number of aliphatic hydroxyl groups excluding tert-OH is 1. The Morgan fingerprint density at radius 1 is 1.60 bits per heavy atom. The van der Waals surface area contributed by atoms with E-state index < -0.39 is 15.6 Å². The zero-order valence-electron chi connectivity index (χ0n) is 6.07. The predicted octanol–water partition coefficient (Wildman–Crippen LogP) is -3.35. The van der Waals surface area contributed by atoms with Crippen LogP contribution in [0.2, 0.25) is 0 Å². The molecular weight excluding hydrogens is 183 g/mol. The summed E-state index contributed by atoms with van der Waals surface area (Å²) in [6.45, 7) is 1.69. The molecule has 0 saturated heterocycles. The minimum Gasteiger partial charge on any atom is -0.746 e. The molecule has 0 aromatic rings. The zero-order valence-corrected chi connectivity index (χ0v) is 10.0. The fourth-order valence-corrected chi connectivity index (χ4v) is 0.916. The zero-order chi connectivity index (χ0) is 7.49. The fourth-order valence-electron chi connectivity index (χ4n) is 0.391. The summed E-state index contributed by atoms with van der Waals surface area (Å²) in [7, 11) is -4.46. The van der Waals surface area contributed by atoms with E-state index in [1.165, 1.54) is 0 Å². The van der Waals surface area contributed by atoms with Crippen LogP contribution < -0.4 is 51.4 Å². The predicted molar refractivity (Wildman–Crippen MR) is 30.6 cm³/mol. The van der Waals surface area contributed by atoms with E-state index in [9.17, 15) is 13.0 Å². The molecule has 0 aliphatic rings. The fraction of sp³-hybridized carbons (Fsp3) is 1.00. The summed E-state index contributed by atoms with van der Waals surface area (Å²) in [4.78, 5) is 0. The van der Waals surface area contributed by atoms with Crippen LogP contribution in [0, 0.1) is 0 Å². The van der Waals surface area contributed by atoms with Gasteiger partial charge < -0.3 is 9.66 Å². The quantitative estimate of drug-likeness (QED) is 0.374. The Kier molecular flexibility index (Phi) is 8.53. The molecule has 0 aliphatic carbocycles. The molecule has 0 heterocycles. The average molecular weight is 192 g/mol. The van der Waals surface area contributed by atoms with Gasteiger partial charge >= 0.3 is 51.4 Å². The standard InChI is InChI=1S/C4H10O4S.K/c1-2-3-4(5)9(6,7)8;/h4-5H,2-3H2,1H3,(H,6,7,8);/q;+1/p-1. The van der Waals surface area contributed by atoms with Crippen molar-refractivity contribution in [1.82, 2.24) is 0 Å². The molecule has 1 N–H and O–H groups in total. The van der Waals surface area contributed by atoms with Gasteiger partial charge in [0.25, 0.3) is 0 Å². The first kappa shape index (κ1) is 14.1. The molecular formula is C4H9KO4S. The van der Waals surface area contributed by atoms with E-state index in [4.69, 9.17) is 5.11 Å². The molecule has 0 aromatic heterocycles. The van der Waals surface area contributed by atoms with E-state index in [0.717, 1.165) is 0 Å². The van der Waals surface area contributed by atoms with Crippen LogP contribution in [-0.4, -0.2) is 23.5 Å². The van der Waals surface area contributed by atoms with Crippen LogP contribution in [-0.2, 0) is 10.1 Å². The summed E-state index contributed by atoms with van der Waals surface area (Å²) in [6, 6.07) is 0. The van der Waals surface area contributed by atoms with Crippen LogP contribution in [0.15, 0.2) is 0 Å². The van der Waals surface area contributed by atoms with E-state index in [1.54, 1.807) is 6.92 Å². The first-order chi connectivity index (χ1) is 3.98. The SMILES string of the molecule is CCCC(O)S(=O)(=O)[O-].[K+]. The second kappa shape index (κ2) is 6.07. The maximum atomic E-state index is 9.92. The molecule has 0 rings (SSSR count). The molecule has 0 aliphatic heterocycles. The van der Waals surface area contributed by atoms with Crippen molar-refractivity contribution in [3.8, 4) is 0 Å². The van der Waals surface area contributed by atoms with Crippen molar-refractivity contribution >= 4 is 10.1 Å². The molecule has 0 amide bonds. The summed E-state index contributed by atoms with van der Waals surface area (Å²) in [5.41, 5.74) is -1.72. The molecule has 56 valence electrons. The maximum absolute atomic E-state index is 9.92. The normalized spacial score (nSPS) is 13.9. The second-order valence-corrected chi connectivity index (χ2v) is 3.27. The van der Waals surface area contributed by atoms with Crippen LogP contribution in [0.5, 0.6) is 0 Å². The molecule has 0 aromatic carbocycles. The third-order valence-corrected chi connectivity index (χ3v) is 1.77. The number of aliphatic hydroxyl groups is 1. The van der Waals surface area contributed by atoms with Gasteiger partial charge in [-0.2, -0.15) is 0 Å². The summed E-state index contributed by atoms with van der Waals surface area (Å²) < 4.78 is 29.7. The van der Waals surface area contributed by atoms with Gasteiger partial charge in [0, 0.05) is 0 Å². The van der Waals surface area contributed by atoms with Gasteiger partial charge in [-0.15, -0.1) is 0 Å². The molecule has 0 saturated carbocycles. The minimum absolute atomic E-state index is 0. The van der Waals surface area contributed by atoms with Gasteiger partial charge in [0.15, 0.2) is 0 Å². The van der Waals surface area contributed by atoms with Crippen LogP contribution in [0.25, 0.3) is 0 Å². The van der Waals surface area contributed by atoms with E-state index in [2.05, 4.69) is 0 Å². The Morgan fingerprint density at radius 2 is 2.00 bits per heavy atom. The Labute approximate surface area is 103 Å². The molecule has 0 spiro atoms. The third kappa shape index (κ3) is 6.23. The average Bonchev–Trinajstić information content (AvgIpc) is 1.64. The van der Waals surface area contributed by atoms with E-state index in [1.807, 2.05) is 0 Å². The van der Waals surface area contributed by atoms with Gasteiger partial charge in [0.1, 0.15) is 15.6 Å². The molecule has 10 heavy (non-hydrogen) atoms. The van der Waals surface area contributed by atoms with E-state index >= 15 is 0 Å². The first-order valence-electron chi connectivity index (χ1n) is 2.61. The van der Waals surface area contributed by atoms with Crippen molar-refractivity contribution in [2.45, 2.75) is 25.2 Å². The van der Waals surface area contributed by atoms with Crippen LogP contribution in [0.1, 0.15) is 19.8 Å². The van der Waals surface area contributed by atoms with E-state index in [-0.39, 0.29) is 57.8 Å². The second-order valence-electron chi connectivity index (χ2n) is 1.74. The minimum atomic E-state index is -4.46. The van der Waals surface area contributed by atoms with Gasteiger partial charge in [-0.05, 0) is 6.42 Å². The molecule has 4 nitrogen and oxygen atoms in total. The van der Waals surface area contributed by atoms with Crippen molar-refractivity contribution in [3.63, 3.8) is 0 Å². The molecule has 0 fully saturated rings. The molecule has 1 unspecified atom stereocenters. The van der Waals surface area contributed by atoms with E-state index in [0.29, 0.717) is 6.42 Å². The van der Waals surface area contributed by atoms with Gasteiger partial charge in [-0.3, -0.25) is 0 Å². The Hall–Kier alpha value is 1.51. The van der Waals surface area contributed by atoms with Gasteiger partial charge in [0.05, 0.1) is 0 Å². The Balaban J connectivity index is 0. The molecule has 0 bridgehead atoms. The first-order valence-corrected chi connectivity index (χ1v) is 4.08. The monoisotopic (exact) mass is 192 g/mol. The molecule has 6 heteroatoms. The van der Waals surface area contributed by atoms with Crippen LogP contribution in [0.3, 0.4) is 0 Å². The largest absolute Gasteiger partial charge is 1.00 e. The van der Waals surface area contributed by atoms with Crippen molar-refractivity contribution < 1.29 is 69.5 Å². The smallest absolute Gasteiger partial charge is 0.746 e. The summed E-state index contributed by atoms with van der Waals surface area (Å²) in [5.74, 6) is 0. The van der Waals surface area contributed by atoms with Crippen molar-refractivity contribution in [2.24, 2.45) is 0 Å². The topological polar surface area (TPSA) is 77.4 Å². The van der Waals surface area contributed by atoms with Crippen LogP contribution in [0.4, 0.5) is 0 Å². The Morgan fingerprint density at radius 3 is 2.10 bits per heavy atom. The number of hydrogen-bond acceptors (Lipinski definition) is 4. The third-order valence-electron chi connectivity index (χ3n) is 0.869. The van der Waals surface area contributed by atoms with Crippen molar-refractivity contribution in [2.75, 3.05) is 0 Å².